The van der Waals surface area contributed by atoms with Gasteiger partial charge in [0.25, 0.3) is 5.91 Å². The largest absolute Gasteiger partial charge is 0.490 e. The van der Waals surface area contributed by atoms with Crippen molar-refractivity contribution in [3.05, 3.63) is 59.7 Å². The number of hydrogen-bond acceptors (Lipinski definition) is 8. The summed E-state index contributed by atoms with van der Waals surface area (Å²) in [5.41, 5.74) is 1.08. The predicted molar refractivity (Wildman–Crippen MR) is 118 cm³/mol. The Balaban J connectivity index is 1.60. The Morgan fingerprint density at radius 2 is 1.70 bits per heavy atom. The first-order valence-corrected chi connectivity index (χ1v) is 11.2. The van der Waals surface area contributed by atoms with E-state index in [1.54, 1.807) is 30.3 Å². The average molecular weight is 444 g/mol. The van der Waals surface area contributed by atoms with Gasteiger partial charge in [0.05, 0.1) is 19.0 Å². The Morgan fingerprint density at radius 3 is 2.43 bits per heavy atom. The highest BCUT2D eigenvalue weighted by atomic mass is 32.2. The van der Waals surface area contributed by atoms with E-state index < -0.39 is 0 Å². The van der Waals surface area contributed by atoms with E-state index >= 15 is 0 Å². The Bertz CT molecular complexity index is 1010. The zero-order valence-corrected chi connectivity index (χ0v) is 18.2. The number of rotatable bonds is 10. The molecule has 0 aliphatic heterocycles. The van der Waals surface area contributed by atoms with E-state index in [9.17, 15) is 9.59 Å². The number of aromatic nitrogens is 2. The van der Waals surface area contributed by atoms with Gasteiger partial charge >= 0.3 is 0 Å². The van der Waals surface area contributed by atoms with Gasteiger partial charge in [-0.15, -0.1) is 10.2 Å². The summed E-state index contributed by atoms with van der Waals surface area (Å²) in [7, 11) is 0. The van der Waals surface area contributed by atoms with Gasteiger partial charge in [0.15, 0.2) is 21.6 Å². The van der Waals surface area contributed by atoms with Crippen LogP contribution in [-0.2, 0) is 0 Å². The zero-order valence-electron chi connectivity index (χ0n) is 16.6. The van der Waals surface area contributed by atoms with Crippen molar-refractivity contribution in [2.75, 3.05) is 24.3 Å². The van der Waals surface area contributed by atoms with Gasteiger partial charge in [-0.25, -0.2) is 0 Å². The van der Waals surface area contributed by atoms with Crippen molar-refractivity contribution < 1.29 is 19.1 Å². The monoisotopic (exact) mass is 443 g/mol. The van der Waals surface area contributed by atoms with E-state index in [1.807, 2.05) is 32.0 Å². The number of ether oxygens (including phenoxy) is 2. The molecule has 1 aromatic heterocycles. The molecule has 1 N–H and O–H groups in total. The lowest BCUT2D eigenvalue weighted by Crippen LogP contribution is -2.12. The summed E-state index contributed by atoms with van der Waals surface area (Å²) in [4.78, 5) is 24.8. The third kappa shape index (κ3) is 5.80. The van der Waals surface area contributed by atoms with Crippen LogP contribution in [0.3, 0.4) is 0 Å². The third-order valence-corrected chi connectivity index (χ3v) is 5.83. The molecule has 1 heterocycles. The van der Waals surface area contributed by atoms with E-state index in [2.05, 4.69) is 15.5 Å². The number of thioether (sulfide) groups is 1. The highest BCUT2D eigenvalue weighted by molar-refractivity contribution is 8.01. The molecule has 30 heavy (non-hydrogen) atoms. The van der Waals surface area contributed by atoms with Crippen molar-refractivity contribution in [2.45, 2.75) is 18.2 Å². The van der Waals surface area contributed by atoms with E-state index in [-0.39, 0.29) is 17.4 Å². The fourth-order valence-electron chi connectivity index (χ4n) is 2.51. The standard InChI is InChI=1S/C21H21N3O4S2/c1-3-27-17-11-10-15(12-18(17)28-4-2)19(26)22-20-23-24-21(30-20)29-13-16(25)14-8-6-5-7-9-14/h5-12H,3-4,13H2,1-2H3,(H,22,23,26). The van der Waals surface area contributed by atoms with Gasteiger partial charge in [-0.05, 0) is 32.0 Å². The molecular formula is C21H21N3O4S2. The van der Waals surface area contributed by atoms with Crippen molar-refractivity contribution in [2.24, 2.45) is 0 Å². The van der Waals surface area contributed by atoms with E-state index in [1.165, 1.54) is 23.1 Å². The van der Waals surface area contributed by atoms with Crippen LogP contribution in [0.2, 0.25) is 0 Å². The van der Waals surface area contributed by atoms with Crippen LogP contribution >= 0.6 is 23.1 Å². The molecule has 0 spiro atoms. The maximum absolute atomic E-state index is 12.6. The summed E-state index contributed by atoms with van der Waals surface area (Å²) in [6, 6.07) is 14.1. The van der Waals surface area contributed by atoms with Crippen LogP contribution < -0.4 is 14.8 Å². The molecule has 0 bridgehead atoms. The summed E-state index contributed by atoms with van der Waals surface area (Å²) in [5.74, 6) is 1.04. The lowest BCUT2D eigenvalue weighted by molar-refractivity contribution is 0.101. The summed E-state index contributed by atoms with van der Waals surface area (Å²) in [6.07, 6.45) is 0. The molecule has 0 aliphatic carbocycles. The van der Waals surface area contributed by atoms with E-state index in [0.717, 1.165) is 0 Å². The van der Waals surface area contributed by atoms with Gasteiger partial charge in [-0.3, -0.25) is 14.9 Å². The first kappa shape index (κ1) is 21.8. The maximum atomic E-state index is 12.6. The van der Waals surface area contributed by atoms with Crippen LogP contribution in [0.1, 0.15) is 34.6 Å². The molecule has 0 saturated heterocycles. The number of ketones is 1. The SMILES string of the molecule is CCOc1ccc(C(=O)Nc2nnc(SCC(=O)c3ccccc3)s2)cc1OCC. The Morgan fingerprint density at radius 1 is 0.967 bits per heavy atom. The predicted octanol–water partition coefficient (Wildman–Crippen LogP) is 4.56. The van der Waals surface area contributed by atoms with Gasteiger partial charge in [0, 0.05) is 11.1 Å². The van der Waals surface area contributed by atoms with Crippen molar-refractivity contribution in [3.8, 4) is 11.5 Å². The summed E-state index contributed by atoms with van der Waals surface area (Å²) < 4.78 is 11.7. The molecular weight excluding hydrogens is 422 g/mol. The first-order valence-electron chi connectivity index (χ1n) is 9.36. The fourth-order valence-corrected chi connectivity index (χ4v) is 4.16. The van der Waals surface area contributed by atoms with Gasteiger partial charge < -0.3 is 9.47 Å². The summed E-state index contributed by atoms with van der Waals surface area (Å²) in [5, 5.41) is 11.1. The Labute approximate surface area is 182 Å². The third-order valence-electron chi connectivity index (χ3n) is 3.86. The average Bonchev–Trinajstić information content (AvgIpc) is 3.21. The highest BCUT2D eigenvalue weighted by Gasteiger charge is 2.15. The highest BCUT2D eigenvalue weighted by Crippen LogP contribution is 2.30. The molecule has 2 aromatic carbocycles. The number of carbonyl (C=O) groups excluding carboxylic acids is 2. The number of nitrogens with zero attached hydrogens (tertiary/aromatic N) is 2. The second-order valence-electron chi connectivity index (χ2n) is 5.93. The molecule has 7 nitrogen and oxygen atoms in total. The molecule has 3 aromatic rings. The number of benzene rings is 2. The minimum Gasteiger partial charge on any atom is -0.490 e. The van der Waals surface area contributed by atoms with Crippen molar-refractivity contribution in [1.29, 1.82) is 0 Å². The topological polar surface area (TPSA) is 90.4 Å². The quantitative estimate of drug-likeness (QED) is 0.279. The van der Waals surface area contributed by atoms with Crippen molar-refractivity contribution in [3.63, 3.8) is 0 Å². The molecule has 0 atom stereocenters. The number of amides is 1. The number of Topliss-reactive ketones (excluding diaryl/α,β-unsaturated/α-hetero) is 1. The fraction of sp³-hybridized carbons (Fsp3) is 0.238. The lowest BCUT2D eigenvalue weighted by atomic mass is 10.2. The Kier molecular flexibility index (Phi) is 7.81. The van der Waals surface area contributed by atoms with Crippen LogP contribution in [0.4, 0.5) is 5.13 Å². The lowest BCUT2D eigenvalue weighted by Gasteiger charge is -2.12. The number of hydrogen-bond donors (Lipinski definition) is 1. The van der Waals surface area contributed by atoms with Gasteiger partial charge in [-0.1, -0.05) is 53.4 Å². The number of nitrogens with one attached hydrogen (secondary N) is 1. The van der Waals surface area contributed by atoms with Crippen molar-refractivity contribution in [1.82, 2.24) is 10.2 Å². The molecule has 0 aliphatic rings. The summed E-state index contributed by atoms with van der Waals surface area (Å²) in [6.45, 7) is 4.72. The smallest absolute Gasteiger partial charge is 0.257 e. The van der Waals surface area contributed by atoms with E-state index in [0.29, 0.717) is 45.3 Å². The molecule has 0 fully saturated rings. The molecule has 9 heteroatoms. The summed E-state index contributed by atoms with van der Waals surface area (Å²) >= 11 is 2.51. The number of carbonyl (C=O) groups is 2. The minimum atomic E-state index is -0.327. The minimum absolute atomic E-state index is 0.0132. The molecule has 0 unspecified atom stereocenters. The molecule has 156 valence electrons. The van der Waals surface area contributed by atoms with Crippen LogP contribution in [-0.4, -0.2) is 40.9 Å². The van der Waals surface area contributed by atoms with Crippen LogP contribution in [0, 0.1) is 0 Å². The Hall–Kier alpha value is -2.91. The number of anilines is 1. The van der Waals surface area contributed by atoms with Crippen LogP contribution in [0.15, 0.2) is 52.9 Å². The second-order valence-corrected chi connectivity index (χ2v) is 8.13. The van der Waals surface area contributed by atoms with Gasteiger partial charge in [-0.2, -0.15) is 0 Å². The van der Waals surface area contributed by atoms with Gasteiger partial charge in [0.2, 0.25) is 5.13 Å². The molecule has 0 saturated carbocycles. The molecule has 1 amide bonds. The maximum Gasteiger partial charge on any atom is 0.257 e. The van der Waals surface area contributed by atoms with Crippen molar-refractivity contribution >= 4 is 39.9 Å². The molecule has 0 radical (unpaired) electrons. The second kappa shape index (κ2) is 10.7. The first-order chi connectivity index (χ1) is 14.6. The van der Waals surface area contributed by atoms with Gasteiger partial charge in [0.1, 0.15) is 0 Å². The van der Waals surface area contributed by atoms with E-state index in [4.69, 9.17) is 9.47 Å². The van der Waals surface area contributed by atoms with Crippen LogP contribution in [0.5, 0.6) is 11.5 Å². The molecule has 3 rings (SSSR count). The zero-order chi connectivity index (χ0) is 21.3. The normalized spacial score (nSPS) is 10.5. The van der Waals surface area contributed by atoms with Crippen LogP contribution in [0.25, 0.3) is 0 Å².